The maximum absolute atomic E-state index is 14.3. The van der Waals surface area contributed by atoms with Gasteiger partial charge in [0.2, 0.25) is 0 Å². The summed E-state index contributed by atoms with van der Waals surface area (Å²) in [6, 6.07) is 9.95. The number of pyridine rings is 1. The van der Waals surface area contributed by atoms with Crippen LogP contribution in [0.1, 0.15) is 32.3 Å². The van der Waals surface area contributed by atoms with Crippen molar-refractivity contribution in [3.8, 4) is 11.5 Å². The third-order valence-electron chi connectivity index (χ3n) is 6.50. The van der Waals surface area contributed by atoms with E-state index in [4.69, 9.17) is 11.5 Å². The molecule has 0 amide bonds. The van der Waals surface area contributed by atoms with Crippen molar-refractivity contribution in [2.24, 2.45) is 5.92 Å². The minimum Gasteiger partial charge on any atom is -0.382 e. The Morgan fingerprint density at radius 1 is 1.03 bits per heavy atom. The lowest BCUT2D eigenvalue weighted by Crippen LogP contribution is -2.43. The fraction of sp³-hybridized carbons (Fsp3) is 0.360. The standard InChI is InChI=1S/C25H32FN9O2S/c1-5-16(6-2)14-35(38(36,37)33(3)4)21-22(27)30-24(31-23(21)28)20-18-11-9-13-29-25(18)34(32-20)15-17-10-7-8-12-19(17)26/h7-13,16H,5-6,14-15H2,1-4H3,(H4,27,28,30,31). The highest BCUT2D eigenvalue weighted by molar-refractivity contribution is 7.90. The molecule has 0 fully saturated rings. The number of anilines is 3. The first kappa shape index (κ1) is 27.2. The van der Waals surface area contributed by atoms with Gasteiger partial charge in [0.25, 0.3) is 0 Å². The molecule has 0 atom stereocenters. The summed E-state index contributed by atoms with van der Waals surface area (Å²) in [7, 11) is -1.05. The van der Waals surface area contributed by atoms with E-state index >= 15 is 0 Å². The molecule has 0 unspecified atom stereocenters. The number of fused-ring (bicyclic) bond motifs is 1. The maximum Gasteiger partial charge on any atom is 0.303 e. The second-order valence-corrected chi connectivity index (χ2v) is 11.2. The highest BCUT2D eigenvalue weighted by Crippen LogP contribution is 2.35. The van der Waals surface area contributed by atoms with Crippen LogP contribution in [-0.4, -0.2) is 58.1 Å². The fourth-order valence-corrected chi connectivity index (χ4v) is 5.42. The number of hydrogen-bond donors (Lipinski definition) is 2. The van der Waals surface area contributed by atoms with Crippen LogP contribution in [0.15, 0.2) is 42.6 Å². The van der Waals surface area contributed by atoms with E-state index in [9.17, 15) is 12.8 Å². The zero-order valence-electron chi connectivity index (χ0n) is 21.8. The summed E-state index contributed by atoms with van der Waals surface area (Å²) in [5.74, 6) is -0.359. The zero-order valence-corrected chi connectivity index (χ0v) is 22.7. The smallest absolute Gasteiger partial charge is 0.303 e. The molecule has 0 aliphatic carbocycles. The van der Waals surface area contributed by atoms with Crippen LogP contribution in [0.25, 0.3) is 22.6 Å². The minimum absolute atomic E-state index is 0.0302. The Hall–Kier alpha value is -3.84. The van der Waals surface area contributed by atoms with Gasteiger partial charge in [-0.2, -0.15) is 17.8 Å². The third-order valence-corrected chi connectivity index (χ3v) is 8.31. The van der Waals surface area contributed by atoms with Crippen LogP contribution in [0.5, 0.6) is 0 Å². The molecule has 0 bridgehead atoms. The van der Waals surface area contributed by atoms with E-state index in [0.717, 1.165) is 17.1 Å². The normalized spacial score (nSPS) is 12.1. The molecule has 11 nitrogen and oxygen atoms in total. The van der Waals surface area contributed by atoms with Crippen molar-refractivity contribution in [3.05, 3.63) is 54.0 Å². The minimum atomic E-state index is -3.94. The van der Waals surface area contributed by atoms with Crippen LogP contribution >= 0.6 is 0 Å². The van der Waals surface area contributed by atoms with Crippen LogP contribution < -0.4 is 15.8 Å². The predicted octanol–water partition coefficient (Wildman–Crippen LogP) is 3.29. The lowest BCUT2D eigenvalue weighted by atomic mass is 10.0. The molecule has 0 radical (unpaired) electrons. The van der Waals surface area contributed by atoms with Gasteiger partial charge >= 0.3 is 10.2 Å². The van der Waals surface area contributed by atoms with Gasteiger partial charge in [-0.05, 0) is 24.1 Å². The monoisotopic (exact) mass is 541 g/mol. The average molecular weight is 542 g/mol. The summed E-state index contributed by atoms with van der Waals surface area (Å²) in [6.07, 6.45) is 3.15. The Kier molecular flexibility index (Phi) is 7.78. The van der Waals surface area contributed by atoms with Crippen LogP contribution in [0.2, 0.25) is 0 Å². The molecule has 0 aliphatic rings. The first-order valence-corrected chi connectivity index (χ1v) is 13.7. The van der Waals surface area contributed by atoms with E-state index in [1.54, 1.807) is 41.2 Å². The van der Waals surface area contributed by atoms with Crippen molar-refractivity contribution in [3.63, 3.8) is 0 Å². The van der Waals surface area contributed by atoms with Crippen molar-refractivity contribution >= 4 is 38.6 Å². The first-order chi connectivity index (χ1) is 18.1. The van der Waals surface area contributed by atoms with Gasteiger partial charge in [-0.15, -0.1) is 0 Å². The fourth-order valence-electron chi connectivity index (χ4n) is 4.20. The van der Waals surface area contributed by atoms with E-state index in [1.807, 2.05) is 13.8 Å². The SMILES string of the molecule is CCC(CC)CN(c1c(N)nc(-c2nn(Cc3ccccc3F)c3ncccc23)nc1N)S(=O)(=O)N(C)C. The number of benzene rings is 1. The van der Waals surface area contributed by atoms with Crippen molar-refractivity contribution < 1.29 is 12.8 Å². The molecule has 4 aromatic rings. The molecule has 4 rings (SSSR count). The Labute approximate surface area is 221 Å². The maximum atomic E-state index is 14.3. The molecule has 3 aromatic heterocycles. The Morgan fingerprint density at radius 2 is 1.68 bits per heavy atom. The van der Waals surface area contributed by atoms with Gasteiger partial charge in [0.1, 0.15) is 17.2 Å². The lowest BCUT2D eigenvalue weighted by molar-refractivity contribution is 0.478. The van der Waals surface area contributed by atoms with Gasteiger partial charge in [0.15, 0.2) is 23.1 Å². The Bertz CT molecular complexity index is 1530. The van der Waals surface area contributed by atoms with Gasteiger partial charge < -0.3 is 11.5 Å². The topological polar surface area (TPSA) is 149 Å². The van der Waals surface area contributed by atoms with E-state index < -0.39 is 10.2 Å². The number of nitrogens with two attached hydrogens (primary N) is 2. The van der Waals surface area contributed by atoms with Crippen molar-refractivity contribution in [1.82, 2.24) is 29.0 Å². The number of aromatic nitrogens is 5. The highest BCUT2D eigenvalue weighted by atomic mass is 32.2. The van der Waals surface area contributed by atoms with Crippen molar-refractivity contribution in [2.45, 2.75) is 33.2 Å². The van der Waals surface area contributed by atoms with Gasteiger partial charge in [0.05, 0.1) is 11.9 Å². The Morgan fingerprint density at radius 3 is 2.29 bits per heavy atom. The molecular formula is C25H32FN9O2S. The van der Waals surface area contributed by atoms with Gasteiger partial charge in [-0.25, -0.2) is 28.3 Å². The van der Waals surface area contributed by atoms with Crippen LogP contribution in [0.3, 0.4) is 0 Å². The number of halogens is 1. The number of nitrogen functional groups attached to an aromatic ring is 2. The third kappa shape index (κ3) is 5.11. The molecule has 0 saturated heterocycles. The van der Waals surface area contributed by atoms with Crippen LogP contribution in [0.4, 0.5) is 21.7 Å². The van der Waals surface area contributed by atoms with Gasteiger partial charge in [-0.3, -0.25) is 0 Å². The number of rotatable bonds is 10. The van der Waals surface area contributed by atoms with Gasteiger partial charge in [-0.1, -0.05) is 44.9 Å². The molecule has 0 spiro atoms. The molecule has 13 heteroatoms. The van der Waals surface area contributed by atoms with E-state index in [-0.39, 0.29) is 48.0 Å². The summed E-state index contributed by atoms with van der Waals surface area (Å²) in [5.41, 5.74) is 14.0. The summed E-state index contributed by atoms with van der Waals surface area (Å²) < 4.78 is 44.7. The number of nitrogens with zero attached hydrogens (tertiary/aromatic N) is 7. The zero-order chi connectivity index (χ0) is 27.6. The molecular weight excluding hydrogens is 509 g/mol. The quantitative estimate of drug-likeness (QED) is 0.311. The van der Waals surface area contributed by atoms with E-state index in [2.05, 4.69) is 20.1 Å². The number of hydrogen-bond acceptors (Lipinski definition) is 8. The second-order valence-electron chi connectivity index (χ2n) is 9.14. The first-order valence-electron chi connectivity index (χ1n) is 12.3. The summed E-state index contributed by atoms with van der Waals surface area (Å²) in [6.45, 7) is 4.30. The van der Waals surface area contributed by atoms with Crippen molar-refractivity contribution in [2.75, 3.05) is 36.4 Å². The Balaban J connectivity index is 1.83. The van der Waals surface area contributed by atoms with Crippen LogP contribution in [-0.2, 0) is 16.8 Å². The van der Waals surface area contributed by atoms with Crippen molar-refractivity contribution in [1.29, 1.82) is 0 Å². The predicted molar refractivity (Wildman–Crippen MR) is 147 cm³/mol. The lowest BCUT2D eigenvalue weighted by Gasteiger charge is -2.31. The molecule has 38 heavy (non-hydrogen) atoms. The molecule has 3 heterocycles. The molecule has 4 N–H and O–H groups in total. The average Bonchev–Trinajstić information content (AvgIpc) is 3.25. The summed E-state index contributed by atoms with van der Waals surface area (Å²) in [4.78, 5) is 13.3. The van der Waals surface area contributed by atoms with Gasteiger partial charge in [0, 0.05) is 32.4 Å². The largest absolute Gasteiger partial charge is 0.382 e. The molecule has 0 aliphatic heterocycles. The second kappa shape index (κ2) is 10.9. The summed E-state index contributed by atoms with van der Waals surface area (Å²) >= 11 is 0. The highest BCUT2D eigenvalue weighted by Gasteiger charge is 2.32. The van der Waals surface area contributed by atoms with E-state index in [1.165, 1.54) is 24.5 Å². The summed E-state index contributed by atoms with van der Waals surface area (Å²) in [5, 5.41) is 5.23. The van der Waals surface area contributed by atoms with Crippen LogP contribution in [0, 0.1) is 11.7 Å². The molecule has 202 valence electrons. The molecule has 0 saturated carbocycles. The van der Waals surface area contributed by atoms with E-state index in [0.29, 0.717) is 22.3 Å². The molecule has 1 aromatic carbocycles.